The van der Waals surface area contributed by atoms with E-state index in [1.54, 1.807) is 48.3 Å². The van der Waals surface area contributed by atoms with Crippen LogP contribution in [0.5, 0.6) is 11.5 Å². The third kappa shape index (κ3) is 4.60. The highest BCUT2D eigenvalue weighted by Gasteiger charge is 2.08. The lowest BCUT2D eigenvalue weighted by molar-refractivity contribution is -0.118. The molecule has 3 aromatic rings. The number of hydrogen-bond donors (Lipinski definition) is 1. The fraction of sp³-hybridized carbons (Fsp3) is 0.158. The van der Waals surface area contributed by atoms with E-state index in [2.05, 4.69) is 10.4 Å². The molecule has 0 atom stereocenters. The molecular weight excluding hydrogens is 318 g/mol. The zero-order chi connectivity index (χ0) is 17.5. The molecule has 0 aliphatic heterocycles. The number of methoxy groups -OCH3 is 1. The normalized spacial score (nSPS) is 10.3. The van der Waals surface area contributed by atoms with E-state index in [0.717, 1.165) is 11.3 Å². The molecule has 1 N–H and O–H groups in total. The molecule has 1 heterocycles. The van der Waals surface area contributed by atoms with Crippen LogP contribution in [0.2, 0.25) is 0 Å². The van der Waals surface area contributed by atoms with Crippen molar-refractivity contribution >= 4 is 11.7 Å². The minimum Gasteiger partial charge on any atom is -0.497 e. The second-order valence-corrected chi connectivity index (χ2v) is 5.37. The van der Waals surface area contributed by atoms with Crippen molar-refractivity contribution in [3.63, 3.8) is 0 Å². The molecule has 2 aromatic carbocycles. The standard InChI is InChI=1S/C19H19N3O3/c1-24-16-7-9-17(10-8-16)25-14-19(23)21-18-11-12-20-22(18)13-15-5-3-2-4-6-15/h2-12H,13-14H2,1H3,(H,21,23). The third-order valence-corrected chi connectivity index (χ3v) is 3.59. The van der Waals surface area contributed by atoms with E-state index < -0.39 is 0 Å². The van der Waals surface area contributed by atoms with Crippen molar-refractivity contribution in [3.05, 3.63) is 72.4 Å². The first-order valence-electron chi connectivity index (χ1n) is 7.87. The highest BCUT2D eigenvalue weighted by Crippen LogP contribution is 2.17. The Hall–Kier alpha value is -3.28. The maximum Gasteiger partial charge on any atom is 0.263 e. The molecule has 0 spiro atoms. The Kier molecular flexibility index (Phi) is 5.31. The summed E-state index contributed by atoms with van der Waals surface area (Å²) in [5, 5.41) is 7.06. The largest absolute Gasteiger partial charge is 0.497 e. The zero-order valence-corrected chi connectivity index (χ0v) is 13.9. The second kappa shape index (κ2) is 8.01. The lowest BCUT2D eigenvalue weighted by atomic mass is 10.2. The molecular formula is C19H19N3O3. The molecule has 6 heteroatoms. The zero-order valence-electron chi connectivity index (χ0n) is 13.9. The second-order valence-electron chi connectivity index (χ2n) is 5.37. The quantitative estimate of drug-likeness (QED) is 0.720. The van der Waals surface area contributed by atoms with Crippen LogP contribution in [0.3, 0.4) is 0 Å². The highest BCUT2D eigenvalue weighted by atomic mass is 16.5. The molecule has 1 aromatic heterocycles. The lowest BCUT2D eigenvalue weighted by Gasteiger charge is -2.10. The van der Waals surface area contributed by atoms with Gasteiger partial charge in [0.15, 0.2) is 6.61 Å². The average Bonchev–Trinajstić information content (AvgIpc) is 3.08. The first kappa shape index (κ1) is 16.6. The summed E-state index contributed by atoms with van der Waals surface area (Å²) in [4.78, 5) is 12.1. The van der Waals surface area contributed by atoms with Gasteiger partial charge >= 0.3 is 0 Å². The van der Waals surface area contributed by atoms with Crippen LogP contribution in [0, 0.1) is 0 Å². The number of carbonyl (C=O) groups excluding carboxylic acids is 1. The Morgan fingerprint density at radius 1 is 1.04 bits per heavy atom. The number of ether oxygens (including phenoxy) is 2. The molecule has 6 nitrogen and oxygen atoms in total. The first-order valence-corrected chi connectivity index (χ1v) is 7.87. The number of benzene rings is 2. The van der Waals surface area contributed by atoms with Gasteiger partial charge in [-0.1, -0.05) is 30.3 Å². The summed E-state index contributed by atoms with van der Waals surface area (Å²) in [6.07, 6.45) is 1.66. The van der Waals surface area contributed by atoms with Crippen LogP contribution in [0.1, 0.15) is 5.56 Å². The van der Waals surface area contributed by atoms with Crippen LogP contribution in [-0.4, -0.2) is 29.4 Å². The number of nitrogens with one attached hydrogen (secondary N) is 1. The summed E-state index contributed by atoms with van der Waals surface area (Å²) in [6, 6.07) is 18.8. The molecule has 3 rings (SSSR count). The third-order valence-electron chi connectivity index (χ3n) is 3.59. The molecule has 0 saturated heterocycles. The Labute approximate surface area is 146 Å². The molecule has 0 saturated carbocycles. The van der Waals surface area contributed by atoms with E-state index in [-0.39, 0.29) is 12.5 Å². The predicted octanol–water partition coefficient (Wildman–Crippen LogP) is 2.96. The smallest absolute Gasteiger partial charge is 0.263 e. The van der Waals surface area contributed by atoms with Crippen LogP contribution < -0.4 is 14.8 Å². The van der Waals surface area contributed by atoms with Gasteiger partial charge in [0.05, 0.1) is 19.9 Å². The molecule has 25 heavy (non-hydrogen) atoms. The topological polar surface area (TPSA) is 65.4 Å². The van der Waals surface area contributed by atoms with Crippen LogP contribution in [-0.2, 0) is 11.3 Å². The van der Waals surface area contributed by atoms with Crippen molar-refractivity contribution in [2.24, 2.45) is 0 Å². The number of carbonyl (C=O) groups is 1. The van der Waals surface area contributed by atoms with E-state index in [9.17, 15) is 4.79 Å². The van der Waals surface area contributed by atoms with Gasteiger partial charge in [-0.3, -0.25) is 4.79 Å². The van der Waals surface area contributed by atoms with Gasteiger partial charge in [-0.05, 0) is 29.8 Å². The van der Waals surface area contributed by atoms with Gasteiger partial charge in [-0.2, -0.15) is 5.10 Å². The molecule has 0 radical (unpaired) electrons. The van der Waals surface area contributed by atoms with Crippen LogP contribution in [0.25, 0.3) is 0 Å². The maximum atomic E-state index is 12.1. The fourth-order valence-corrected chi connectivity index (χ4v) is 2.32. The van der Waals surface area contributed by atoms with Crippen LogP contribution >= 0.6 is 0 Å². The first-order chi connectivity index (χ1) is 12.2. The summed E-state index contributed by atoms with van der Waals surface area (Å²) < 4.78 is 12.3. The average molecular weight is 337 g/mol. The summed E-state index contributed by atoms with van der Waals surface area (Å²) in [5.41, 5.74) is 1.11. The van der Waals surface area contributed by atoms with Crippen molar-refractivity contribution in [1.29, 1.82) is 0 Å². The minimum atomic E-state index is -0.245. The molecule has 0 aliphatic rings. The fourth-order valence-electron chi connectivity index (χ4n) is 2.32. The van der Waals surface area contributed by atoms with Gasteiger partial charge in [-0.15, -0.1) is 0 Å². The Morgan fingerprint density at radius 2 is 1.76 bits per heavy atom. The summed E-state index contributed by atoms with van der Waals surface area (Å²) in [5.74, 6) is 1.73. The van der Waals surface area contributed by atoms with E-state index in [4.69, 9.17) is 9.47 Å². The van der Waals surface area contributed by atoms with E-state index in [1.807, 2.05) is 30.3 Å². The summed E-state index contributed by atoms with van der Waals surface area (Å²) in [7, 11) is 1.60. The Morgan fingerprint density at radius 3 is 2.48 bits per heavy atom. The Balaban J connectivity index is 1.55. The summed E-state index contributed by atoms with van der Waals surface area (Å²) >= 11 is 0. The maximum absolute atomic E-state index is 12.1. The van der Waals surface area contributed by atoms with Crippen molar-refractivity contribution in [2.75, 3.05) is 19.0 Å². The number of nitrogens with zero attached hydrogens (tertiary/aromatic N) is 2. The lowest BCUT2D eigenvalue weighted by Crippen LogP contribution is -2.22. The van der Waals surface area contributed by atoms with Gasteiger partial charge < -0.3 is 14.8 Å². The molecule has 0 unspecified atom stereocenters. The molecule has 128 valence electrons. The van der Waals surface area contributed by atoms with Crippen molar-refractivity contribution in [1.82, 2.24) is 9.78 Å². The molecule has 1 amide bonds. The van der Waals surface area contributed by atoms with Crippen molar-refractivity contribution < 1.29 is 14.3 Å². The number of rotatable bonds is 7. The van der Waals surface area contributed by atoms with Crippen LogP contribution in [0.4, 0.5) is 5.82 Å². The SMILES string of the molecule is COc1ccc(OCC(=O)Nc2ccnn2Cc2ccccc2)cc1. The van der Waals surface area contributed by atoms with Gasteiger partial charge in [0.25, 0.3) is 5.91 Å². The van der Waals surface area contributed by atoms with Gasteiger partial charge in [0.2, 0.25) is 0 Å². The van der Waals surface area contributed by atoms with Crippen molar-refractivity contribution in [3.8, 4) is 11.5 Å². The van der Waals surface area contributed by atoms with E-state index >= 15 is 0 Å². The minimum absolute atomic E-state index is 0.0805. The molecule has 0 bridgehead atoms. The number of amides is 1. The van der Waals surface area contributed by atoms with E-state index in [0.29, 0.717) is 18.1 Å². The Bertz CT molecular complexity index is 813. The predicted molar refractivity (Wildman–Crippen MR) is 94.9 cm³/mol. The number of hydrogen-bond acceptors (Lipinski definition) is 4. The summed E-state index contributed by atoms with van der Waals surface area (Å²) in [6.45, 7) is 0.506. The number of aromatic nitrogens is 2. The van der Waals surface area contributed by atoms with Gasteiger partial charge in [0, 0.05) is 6.07 Å². The monoisotopic (exact) mass is 337 g/mol. The highest BCUT2D eigenvalue weighted by molar-refractivity contribution is 5.91. The van der Waals surface area contributed by atoms with Gasteiger partial charge in [-0.25, -0.2) is 4.68 Å². The van der Waals surface area contributed by atoms with Crippen molar-refractivity contribution in [2.45, 2.75) is 6.54 Å². The molecule has 0 fully saturated rings. The van der Waals surface area contributed by atoms with E-state index in [1.165, 1.54) is 0 Å². The van der Waals surface area contributed by atoms with Gasteiger partial charge in [0.1, 0.15) is 17.3 Å². The molecule has 0 aliphatic carbocycles. The van der Waals surface area contributed by atoms with Crippen LogP contribution in [0.15, 0.2) is 66.9 Å². The number of anilines is 1.